The van der Waals surface area contributed by atoms with Gasteiger partial charge in [0, 0.05) is 12.6 Å². The molecule has 2 fully saturated rings. The molecule has 1 aliphatic carbocycles. The maximum Gasteiger partial charge on any atom is 0.204 e. The van der Waals surface area contributed by atoms with Crippen molar-refractivity contribution in [2.24, 2.45) is 0 Å². The number of halogens is 2. The van der Waals surface area contributed by atoms with Gasteiger partial charge in [0.25, 0.3) is 0 Å². The van der Waals surface area contributed by atoms with Crippen molar-refractivity contribution in [3.8, 4) is 0 Å². The number of hydrogen-bond donors (Lipinski definition) is 1. The zero-order chi connectivity index (χ0) is 13.7. The molecular weight excluding hydrogens is 299 g/mol. The van der Waals surface area contributed by atoms with Crippen molar-refractivity contribution in [2.75, 3.05) is 18.1 Å². The van der Waals surface area contributed by atoms with Crippen molar-refractivity contribution in [2.45, 2.75) is 31.4 Å². The fraction of sp³-hybridized carbons (Fsp3) is 0.538. The van der Waals surface area contributed by atoms with Gasteiger partial charge in [-0.25, -0.2) is 9.97 Å². The molecule has 1 aliphatic heterocycles. The van der Waals surface area contributed by atoms with E-state index in [1.54, 1.807) is 6.07 Å². The van der Waals surface area contributed by atoms with Crippen molar-refractivity contribution in [3.05, 3.63) is 16.4 Å². The Bertz CT molecular complexity index is 659. The first-order valence-corrected chi connectivity index (χ1v) is 7.58. The molecule has 0 bridgehead atoms. The predicted molar refractivity (Wildman–Crippen MR) is 78.6 cm³/mol. The van der Waals surface area contributed by atoms with Crippen molar-refractivity contribution in [3.63, 3.8) is 0 Å². The summed E-state index contributed by atoms with van der Waals surface area (Å²) in [6, 6.07) is 2.16. The van der Waals surface area contributed by atoms with Crippen molar-refractivity contribution in [1.29, 1.82) is 0 Å². The Balaban J connectivity index is 1.76. The quantitative estimate of drug-likeness (QED) is 0.822. The fourth-order valence-corrected chi connectivity index (χ4v) is 3.73. The van der Waals surface area contributed by atoms with E-state index in [-0.39, 0.29) is 0 Å². The maximum absolute atomic E-state index is 6.10. The molecule has 0 spiro atoms. The average Bonchev–Trinajstić information content (AvgIpc) is 3.03. The Hall–Kier alpha value is -1.04. The van der Waals surface area contributed by atoms with E-state index < -0.39 is 0 Å². The number of rotatable bonds is 1. The first kappa shape index (κ1) is 12.7. The number of nitrogens with zero attached hydrogens (tertiary/aromatic N) is 3. The van der Waals surface area contributed by atoms with E-state index in [1.807, 2.05) is 0 Å². The standard InChI is InChI=1S/C13H14Cl2N4O/c14-10-6-7-11(12(15)17-10)18-13(16-7)19-4-5-20-9-3-1-2-8(9)19/h6,8-9H,1-5H2,(H,16,18). The first-order chi connectivity index (χ1) is 9.72. The van der Waals surface area contributed by atoms with Gasteiger partial charge in [-0.1, -0.05) is 23.2 Å². The molecule has 4 rings (SSSR count). The third-order valence-corrected chi connectivity index (χ3v) is 4.59. The van der Waals surface area contributed by atoms with Crippen molar-refractivity contribution in [1.82, 2.24) is 15.0 Å². The van der Waals surface area contributed by atoms with Gasteiger partial charge in [-0.2, -0.15) is 0 Å². The summed E-state index contributed by atoms with van der Waals surface area (Å²) >= 11 is 12.0. The van der Waals surface area contributed by atoms with Crippen LogP contribution in [-0.4, -0.2) is 40.2 Å². The number of H-pyrrole nitrogens is 1. The number of hydrogen-bond acceptors (Lipinski definition) is 4. The van der Waals surface area contributed by atoms with Crippen LogP contribution in [0.3, 0.4) is 0 Å². The van der Waals surface area contributed by atoms with Crippen LogP contribution in [0.5, 0.6) is 0 Å². The van der Waals surface area contributed by atoms with E-state index in [2.05, 4.69) is 19.9 Å². The molecule has 3 heterocycles. The molecule has 1 saturated heterocycles. The number of fused-ring (bicyclic) bond motifs is 2. The molecule has 0 amide bonds. The summed E-state index contributed by atoms with van der Waals surface area (Å²) in [4.78, 5) is 14.2. The van der Waals surface area contributed by atoms with Gasteiger partial charge >= 0.3 is 0 Å². The summed E-state index contributed by atoms with van der Waals surface area (Å²) in [5.74, 6) is 0.839. The lowest BCUT2D eigenvalue weighted by Gasteiger charge is -2.37. The molecule has 0 aromatic carbocycles. The molecule has 5 nitrogen and oxygen atoms in total. The number of imidazole rings is 1. The summed E-state index contributed by atoms with van der Waals surface area (Å²) in [5, 5.41) is 0.713. The molecule has 106 valence electrons. The zero-order valence-electron chi connectivity index (χ0n) is 10.8. The van der Waals surface area contributed by atoms with Crippen LogP contribution >= 0.6 is 23.2 Å². The van der Waals surface area contributed by atoms with E-state index in [9.17, 15) is 0 Å². The highest BCUT2D eigenvalue weighted by molar-refractivity contribution is 6.36. The molecule has 2 atom stereocenters. The summed E-state index contributed by atoms with van der Waals surface area (Å²) in [5.41, 5.74) is 1.50. The molecule has 2 unspecified atom stereocenters. The van der Waals surface area contributed by atoms with Crippen LogP contribution in [0.4, 0.5) is 5.95 Å². The minimum atomic E-state index is 0.328. The van der Waals surface area contributed by atoms with E-state index in [1.165, 1.54) is 6.42 Å². The van der Waals surface area contributed by atoms with Gasteiger partial charge < -0.3 is 14.6 Å². The van der Waals surface area contributed by atoms with E-state index in [4.69, 9.17) is 27.9 Å². The fourth-order valence-electron chi connectivity index (χ4n) is 3.26. The Kier molecular flexibility index (Phi) is 3.02. The molecule has 7 heteroatoms. The molecular formula is C13H14Cl2N4O. The second kappa shape index (κ2) is 4.76. The highest BCUT2D eigenvalue weighted by atomic mass is 35.5. The van der Waals surface area contributed by atoms with Gasteiger partial charge in [-0.05, 0) is 19.3 Å². The number of anilines is 1. The highest BCUT2D eigenvalue weighted by Crippen LogP contribution is 2.33. The lowest BCUT2D eigenvalue weighted by atomic mass is 10.1. The molecule has 2 aromatic heterocycles. The Morgan fingerprint density at radius 3 is 3.10 bits per heavy atom. The third kappa shape index (κ3) is 1.96. The largest absolute Gasteiger partial charge is 0.374 e. The topological polar surface area (TPSA) is 54.0 Å². The second-order valence-corrected chi connectivity index (χ2v) is 6.04. The summed E-state index contributed by atoms with van der Waals surface area (Å²) < 4.78 is 5.83. The van der Waals surface area contributed by atoms with E-state index in [0.717, 1.165) is 37.5 Å². The van der Waals surface area contributed by atoms with Crippen molar-refractivity contribution >= 4 is 40.2 Å². The molecule has 1 saturated carbocycles. The normalized spacial score (nSPS) is 26.2. The summed E-state index contributed by atoms with van der Waals surface area (Å²) in [6.07, 6.45) is 3.82. The van der Waals surface area contributed by atoms with Gasteiger partial charge in [0.2, 0.25) is 5.95 Å². The molecule has 1 N–H and O–H groups in total. The highest BCUT2D eigenvalue weighted by Gasteiger charge is 2.37. The van der Waals surface area contributed by atoms with E-state index in [0.29, 0.717) is 28.0 Å². The average molecular weight is 313 g/mol. The number of pyridine rings is 1. The Morgan fingerprint density at radius 2 is 2.20 bits per heavy atom. The summed E-state index contributed by atoms with van der Waals surface area (Å²) in [7, 11) is 0. The van der Waals surface area contributed by atoms with Gasteiger partial charge in [-0.15, -0.1) is 0 Å². The van der Waals surface area contributed by atoms with Crippen molar-refractivity contribution < 1.29 is 4.74 Å². The minimum absolute atomic E-state index is 0.328. The second-order valence-electron chi connectivity index (χ2n) is 5.29. The third-order valence-electron chi connectivity index (χ3n) is 4.14. The van der Waals surface area contributed by atoms with Crippen LogP contribution in [-0.2, 0) is 4.74 Å². The first-order valence-electron chi connectivity index (χ1n) is 6.82. The lowest BCUT2D eigenvalue weighted by Crippen LogP contribution is -2.49. The number of ether oxygens (including phenoxy) is 1. The summed E-state index contributed by atoms with van der Waals surface area (Å²) in [6.45, 7) is 1.59. The van der Waals surface area contributed by atoms with Crippen LogP contribution in [0.15, 0.2) is 6.07 Å². The molecule has 2 aromatic rings. The van der Waals surface area contributed by atoms with Crippen LogP contribution in [0.25, 0.3) is 11.0 Å². The zero-order valence-corrected chi connectivity index (χ0v) is 12.3. The molecule has 20 heavy (non-hydrogen) atoms. The lowest BCUT2D eigenvalue weighted by molar-refractivity contribution is 0.0250. The minimum Gasteiger partial charge on any atom is -0.374 e. The number of nitrogens with one attached hydrogen (secondary N) is 1. The molecule has 0 radical (unpaired) electrons. The molecule has 2 aliphatic rings. The monoisotopic (exact) mass is 312 g/mol. The Labute approximate surface area is 126 Å². The van der Waals surface area contributed by atoms with Gasteiger partial charge in [-0.3, -0.25) is 0 Å². The number of aromatic nitrogens is 3. The SMILES string of the molecule is Clc1cc2[nH]c(N3CCOC4CCCC43)nc2c(Cl)n1. The number of morpholine rings is 1. The van der Waals surface area contributed by atoms with Gasteiger partial charge in [0.15, 0.2) is 5.15 Å². The van der Waals surface area contributed by atoms with Gasteiger partial charge in [0.1, 0.15) is 10.7 Å². The van der Waals surface area contributed by atoms with Crippen LogP contribution in [0.1, 0.15) is 19.3 Å². The van der Waals surface area contributed by atoms with E-state index >= 15 is 0 Å². The van der Waals surface area contributed by atoms with Gasteiger partial charge in [0.05, 0.1) is 24.3 Å². The Morgan fingerprint density at radius 1 is 1.30 bits per heavy atom. The van der Waals surface area contributed by atoms with Crippen LogP contribution in [0, 0.1) is 0 Å². The smallest absolute Gasteiger partial charge is 0.204 e. The number of aromatic amines is 1. The maximum atomic E-state index is 6.10. The van der Waals surface area contributed by atoms with Crippen LogP contribution in [0.2, 0.25) is 10.3 Å². The predicted octanol–water partition coefficient (Wildman–Crippen LogP) is 3.02. The van der Waals surface area contributed by atoms with Crippen LogP contribution < -0.4 is 4.90 Å².